The Hall–Kier alpha value is -2.54. The van der Waals surface area contributed by atoms with Crippen molar-refractivity contribution in [1.29, 1.82) is 0 Å². The van der Waals surface area contributed by atoms with Crippen LogP contribution in [0.4, 0.5) is 5.69 Å². The second-order valence-electron chi connectivity index (χ2n) is 8.70. The fraction of sp³-hybridized carbons (Fsp3) is 0.500. The van der Waals surface area contributed by atoms with E-state index in [0.717, 1.165) is 23.6 Å². The minimum atomic E-state index is -0.0867. The predicted octanol–water partition coefficient (Wildman–Crippen LogP) is 4.48. The van der Waals surface area contributed by atoms with Gasteiger partial charge in [0.2, 0.25) is 12.7 Å². The van der Waals surface area contributed by atoms with Crippen LogP contribution in [0.15, 0.2) is 24.3 Å². The van der Waals surface area contributed by atoms with Crippen molar-refractivity contribution in [3.05, 3.63) is 39.6 Å². The van der Waals surface area contributed by atoms with Crippen LogP contribution < -0.4 is 14.8 Å². The van der Waals surface area contributed by atoms with E-state index in [-0.39, 0.29) is 24.5 Å². The van der Waals surface area contributed by atoms with Gasteiger partial charge < -0.3 is 19.7 Å². The summed E-state index contributed by atoms with van der Waals surface area (Å²) in [5.74, 6) is 2.15. The first-order valence-electron chi connectivity index (χ1n) is 11.2. The second-order valence-corrected chi connectivity index (χ2v) is 9.84. The third-order valence-corrected chi connectivity index (χ3v) is 7.99. The number of carbonyl (C=O) groups is 2. The molecule has 1 aromatic carbocycles. The van der Waals surface area contributed by atoms with Crippen LogP contribution in [0.1, 0.15) is 52.7 Å². The highest BCUT2D eigenvalue weighted by molar-refractivity contribution is 7.14. The van der Waals surface area contributed by atoms with Crippen LogP contribution in [0.2, 0.25) is 0 Å². The zero-order valence-electron chi connectivity index (χ0n) is 17.8. The Labute approximate surface area is 186 Å². The van der Waals surface area contributed by atoms with Gasteiger partial charge in [-0.1, -0.05) is 13.3 Å². The Kier molecular flexibility index (Phi) is 5.61. The van der Waals surface area contributed by atoms with Gasteiger partial charge in [0.1, 0.15) is 0 Å². The number of benzene rings is 1. The molecule has 1 aromatic heterocycles. The third-order valence-electron chi connectivity index (χ3n) is 6.77. The van der Waals surface area contributed by atoms with Crippen molar-refractivity contribution < 1.29 is 19.1 Å². The molecule has 1 atom stereocenters. The molecule has 3 aliphatic rings. The number of hydrogen-bond acceptors (Lipinski definition) is 5. The number of nitrogens with zero attached hydrogens (tertiary/aromatic N) is 1. The Morgan fingerprint density at radius 3 is 2.74 bits per heavy atom. The first kappa shape index (κ1) is 20.4. The van der Waals surface area contributed by atoms with E-state index in [9.17, 15) is 9.59 Å². The van der Waals surface area contributed by atoms with E-state index in [2.05, 4.69) is 18.3 Å². The lowest BCUT2D eigenvalue weighted by molar-refractivity contribution is -0.121. The molecule has 0 saturated carbocycles. The highest BCUT2D eigenvalue weighted by atomic mass is 32.1. The number of thiophene rings is 1. The molecule has 0 unspecified atom stereocenters. The van der Waals surface area contributed by atoms with Crippen molar-refractivity contribution in [3.8, 4) is 11.5 Å². The summed E-state index contributed by atoms with van der Waals surface area (Å²) >= 11 is 1.68. The van der Waals surface area contributed by atoms with Gasteiger partial charge >= 0.3 is 0 Å². The number of piperidine rings is 1. The molecule has 1 fully saturated rings. The fourth-order valence-corrected chi connectivity index (χ4v) is 5.95. The summed E-state index contributed by atoms with van der Waals surface area (Å²) in [5, 5.41) is 2.98. The summed E-state index contributed by atoms with van der Waals surface area (Å²) in [6, 6.07) is 7.55. The van der Waals surface area contributed by atoms with E-state index < -0.39 is 0 Å². The molecule has 2 aromatic rings. The zero-order valence-corrected chi connectivity index (χ0v) is 18.6. The Morgan fingerprint density at radius 1 is 1.13 bits per heavy atom. The van der Waals surface area contributed by atoms with Crippen molar-refractivity contribution in [1.82, 2.24) is 4.90 Å². The predicted molar refractivity (Wildman–Crippen MR) is 120 cm³/mol. The van der Waals surface area contributed by atoms with E-state index in [1.807, 2.05) is 17.0 Å². The molecule has 3 heterocycles. The average molecular weight is 441 g/mol. The molecule has 1 N–H and O–H groups in total. The standard InChI is InChI=1S/C24H28N2O4S/c1-2-15-3-6-21-17(11-15)12-22(31-21)24(28)26-9-7-16(8-10-26)23(27)25-18-4-5-19-20(13-18)30-14-29-19/h4-5,12-13,15-16H,2-3,6-11,14H2,1H3,(H,25,27)/t15-/m0/s1. The molecular formula is C24H28N2O4S. The number of ether oxygens (including phenoxy) is 2. The summed E-state index contributed by atoms with van der Waals surface area (Å²) in [6.07, 6.45) is 6.03. The number of likely N-dealkylation sites (tertiary alicyclic amines) is 1. The summed E-state index contributed by atoms with van der Waals surface area (Å²) in [7, 11) is 0. The lowest BCUT2D eigenvalue weighted by Crippen LogP contribution is -2.41. The number of nitrogens with one attached hydrogen (secondary N) is 1. The van der Waals surface area contributed by atoms with Crippen molar-refractivity contribution in [3.63, 3.8) is 0 Å². The van der Waals surface area contributed by atoms with E-state index in [1.54, 1.807) is 17.4 Å². The second kappa shape index (κ2) is 8.54. The van der Waals surface area contributed by atoms with Crippen LogP contribution in [0.5, 0.6) is 11.5 Å². The number of rotatable bonds is 4. The molecule has 164 valence electrons. The summed E-state index contributed by atoms with van der Waals surface area (Å²) < 4.78 is 10.7. The average Bonchev–Trinajstić information content (AvgIpc) is 3.44. The normalized spacial score (nSPS) is 20.4. The highest BCUT2D eigenvalue weighted by Gasteiger charge is 2.30. The number of hydrogen-bond donors (Lipinski definition) is 1. The largest absolute Gasteiger partial charge is 0.454 e. The van der Waals surface area contributed by atoms with Gasteiger partial charge in [0, 0.05) is 35.6 Å². The van der Waals surface area contributed by atoms with Crippen LogP contribution in [0.25, 0.3) is 0 Å². The fourth-order valence-electron chi connectivity index (χ4n) is 4.77. The number of amides is 2. The van der Waals surface area contributed by atoms with Crippen LogP contribution in [-0.4, -0.2) is 36.6 Å². The van der Waals surface area contributed by atoms with Crippen molar-refractivity contribution in [2.24, 2.45) is 11.8 Å². The molecule has 6 nitrogen and oxygen atoms in total. The third kappa shape index (κ3) is 4.15. The maximum absolute atomic E-state index is 13.1. The molecule has 31 heavy (non-hydrogen) atoms. The molecule has 5 rings (SSSR count). The van der Waals surface area contributed by atoms with Gasteiger partial charge in [-0.2, -0.15) is 0 Å². The first-order chi connectivity index (χ1) is 15.1. The molecule has 0 radical (unpaired) electrons. The minimum absolute atomic E-state index is 0.00293. The molecular weight excluding hydrogens is 412 g/mol. The number of carbonyl (C=O) groups excluding carboxylic acids is 2. The van der Waals surface area contributed by atoms with E-state index in [0.29, 0.717) is 43.1 Å². The van der Waals surface area contributed by atoms with Gasteiger partial charge in [-0.15, -0.1) is 11.3 Å². The SMILES string of the molecule is CC[C@H]1CCc2sc(C(=O)N3CCC(C(=O)Nc4ccc5c(c4)OCO5)CC3)cc2C1. The van der Waals surface area contributed by atoms with E-state index in [1.165, 1.54) is 23.3 Å². The molecule has 1 saturated heterocycles. The zero-order chi connectivity index (χ0) is 21.4. The molecule has 0 spiro atoms. The Morgan fingerprint density at radius 2 is 1.94 bits per heavy atom. The van der Waals surface area contributed by atoms with Crippen LogP contribution in [0, 0.1) is 11.8 Å². The van der Waals surface area contributed by atoms with Gasteiger partial charge in [0.05, 0.1) is 4.88 Å². The highest BCUT2D eigenvalue weighted by Crippen LogP contribution is 2.36. The van der Waals surface area contributed by atoms with Gasteiger partial charge in [0.25, 0.3) is 5.91 Å². The van der Waals surface area contributed by atoms with Gasteiger partial charge in [0.15, 0.2) is 11.5 Å². The van der Waals surface area contributed by atoms with Gasteiger partial charge in [-0.25, -0.2) is 0 Å². The van der Waals surface area contributed by atoms with Crippen LogP contribution >= 0.6 is 11.3 Å². The minimum Gasteiger partial charge on any atom is -0.454 e. The monoisotopic (exact) mass is 440 g/mol. The van der Waals surface area contributed by atoms with Gasteiger partial charge in [-0.3, -0.25) is 9.59 Å². The van der Waals surface area contributed by atoms with Crippen LogP contribution in [0.3, 0.4) is 0 Å². The summed E-state index contributed by atoms with van der Waals surface area (Å²) in [5.41, 5.74) is 2.09. The number of aryl methyl sites for hydroxylation is 1. The Balaban J connectivity index is 1.16. The topological polar surface area (TPSA) is 67.9 Å². The Bertz CT molecular complexity index is 993. The molecule has 1 aliphatic carbocycles. The summed E-state index contributed by atoms with van der Waals surface area (Å²) in [6.45, 7) is 3.71. The van der Waals surface area contributed by atoms with Crippen molar-refractivity contribution in [2.75, 3.05) is 25.2 Å². The van der Waals surface area contributed by atoms with E-state index >= 15 is 0 Å². The lowest BCUT2D eigenvalue weighted by Gasteiger charge is -2.31. The van der Waals surface area contributed by atoms with Crippen molar-refractivity contribution in [2.45, 2.75) is 45.4 Å². The van der Waals surface area contributed by atoms with Crippen LogP contribution in [-0.2, 0) is 17.6 Å². The quantitative estimate of drug-likeness (QED) is 0.761. The molecule has 2 amide bonds. The maximum atomic E-state index is 13.1. The lowest BCUT2D eigenvalue weighted by atomic mass is 9.87. The van der Waals surface area contributed by atoms with Gasteiger partial charge in [-0.05, 0) is 61.8 Å². The maximum Gasteiger partial charge on any atom is 0.263 e. The first-order valence-corrected chi connectivity index (χ1v) is 12.0. The molecule has 2 aliphatic heterocycles. The summed E-state index contributed by atoms with van der Waals surface area (Å²) in [4.78, 5) is 30.0. The number of anilines is 1. The molecule has 0 bridgehead atoms. The smallest absolute Gasteiger partial charge is 0.263 e. The molecule has 7 heteroatoms. The van der Waals surface area contributed by atoms with E-state index in [4.69, 9.17) is 9.47 Å². The number of fused-ring (bicyclic) bond motifs is 2. The van der Waals surface area contributed by atoms with Crippen molar-refractivity contribution >= 4 is 28.8 Å².